The highest BCUT2D eigenvalue weighted by Crippen LogP contribution is 2.23. The average Bonchev–Trinajstić information content (AvgIpc) is 2.96. The van der Waals surface area contributed by atoms with E-state index < -0.39 is 0 Å². The third-order valence-electron chi connectivity index (χ3n) is 4.15. The Labute approximate surface area is 126 Å². The maximum Gasteiger partial charge on any atom is 0.185 e. The third kappa shape index (κ3) is 4.17. The van der Waals surface area contributed by atoms with Crippen LogP contribution in [0.15, 0.2) is 6.20 Å². The van der Waals surface area contributed by atoms with Crippen molar-refractivity contribution in [2.24, 2.45) is 5.92 Å². The fourth-order valence-corrected chi connectivity index (χ4v) is 3.65. The average molecular weight is 297 g/mol. The summed E-state index contributed by atoms with van der Waals surface area (Å²) in [6.45, 7) is 11.5. The first kappa shape index (κ1) is 15.7. The van der Waals surface area contributed by atoms with E-state index in [9.17, 15) is 0 Å². The molecule has 1 aliphatic heterocycles. The van der Waals surface area contributed by atoms with E-state index in [1.165, 1.54) is 17.7 Å². The minimum atomic E-state index is 0.554. The highest BCUT2D eigenvalue weighted by Gasteiger charge is 2.20. The molecule has 0 spiro atoms. The number of anilines is 1. The van der Waals surface area contributed by atoms with Crippen molar-refractivity contribution < 1.29 is 4.74 Å². The minimum Gasteiger partial charge on any atom is -0.381 e. The summed E-state index contributed by atoms with van der Waals surface area (Å²) in [5.41, 5.74) is 0. The van der Waals surface area contributed by atoms with Gasteiger partial charge in [0.25, 0.3) is 0 Å². The molecule has 0 radical (unpaired) electrons. The van der Waals surface area contributed by atoms with Crippen molar-refractivity contribution in [3.05, 3.63) is 11.1 Å². The molecule has 1 aromatic heterocycles. The molecule has 5 heteroatoms. The molecule has 1 unspecified atom stereocenters. The molecule has 0 aromatic carbocycles. The van der Waals surface area contributed by atoms with Gasteiger partial charge in [-0.15, -0.1) is 11.3 Å². The second kappa shape index (κ2) is 7.96. The summed E-state index contributed by atoms with van der Waals surface area (Å²) in [5, 5.41) is 4.80. The second-order valence-electron chi connectivity index (χ2n) is 5.40. The first-order chi connectivity index (χ1) is 9.74. The van der Waals surface area contributed by atoms with Gasteiger partial charge in [0, 0.05) is 50.0 Å². The summed E-state index contributed by atoms with van der Waals surface area (Å²) in [7, 11) is 0. The predicted octanol–water partition coefficient (Wildman–Crippen LogP) is 2.89. The highest BCUT2D eigenvalue weighted by molar-refractivity contribution is 7.15. The molecule has 0 aliphatic carbocycles. The maximum absolute atomic E-state index is 5.43. The minimum absolute atomic E-state index is 0.554. The zero-order valence-electron chi connectivity index (χ0n) is 12.9. The van der Waals surface area contributed by atoms with Crippen molar-refractivity contribution in [3.63, 3.8) is 0 Å². The van der Waals surface area contributed by atoms with Gasteiger partial charge in [-0.25, -0.2) is 4.98 Å². The van der Waals surface area contributed by atoms with Crippen LogP contribution >= 0.6 is 11.3 Å². The van der Waals surface area contributed by atoms with Gasteiger partial charge in [0.2, 0.25) is 0 Å². The molecular formula is C15H27N3OS. The predicted molar refractivity (Wildman–Crippen MR) is 85.5 cm³/mol. The second-order valence-corrected chi connectivity index (χ2v) is 6.49. The van der Waals surface area contributed by atoms with Crippen LogP contribution < -0.4 is 10.2 Å². The van der Waals surface area contributed by atoms with E-state index in [-0.39, 0.29) is 0 Å². The van der Waals surface area contributed by atoms with E-state index in [0.29, 0.717) is 6.04 Å². The molecule has 0 amide bonds. The Bertz CT molecular complexity index is 386. The molecule has 114 valence electrons. The largest absolute Gasteiger partial charge is 0.381 e. The van der Waals surface area contributed by atoms with Gasteiger partial charge >= 0.3 is 0 Å². The fraction of sp³-hybridized carbons (Fsp3) is 0.800. The standard InChI is InChI=1S/C15H27N3OS/c1-4-18(5-2)15-17-11-14(20-15)10-16-12(3)13-6-8-19-9-7-13/h11-13,16H,4-10H2,1-3H3. The van der Waals surface area contributed by atoms with Crippen LogP contribution in [0.1, 0.15) is 38.5 Å². The van der Waals surface area contributed by atoms with Crippen LogP contribution in [0.2, 0.25) is 0 Å². The van der Waals surface area contributed by atoms with Gasteiger partial charge in [-0.2, -0.15) is 0 Å². The van der Waals surface area contributed by atoms with E-state index in [2.05, 4.69) is 36.0 Å². The fourth-order valence-electron chi connectivity index (χ4n) is 2.66. The van der Waals surface area contributed by atoms with Crippen LogP contribution in [0.5, 0.6) is 0 Å². The van der Waals surface area contributed by atoms with Crippen LogP contribution in [0, 0.1) is 5.92 Å². The molecular weight excluding hydrogens is 270 g/mol. The van der Waals surface area contributed by atoms with Gasteiger partial charge in [-0.05, 0) is 39.5 Å². The van der Waals surface area contributed by atoms with E-state index in [1.54, 1.807) is 11.3 Å². The van der Waals surface area contributed by atoms with E-state index >= 15 is 0 Å². The zero-order valence-corrected chi connectivity index (χ0v) is 13.7. The third-order valence-corrected chi connectivity index (χ3v) is 5.20. The quantitative estimate of drug-likeness (QED) is 0.840. The van der Waals surface area contributed by atoms with Crippen molar-refractivity contribution in [1.29, 1.82) is 0 Å². The first-order valence-electron chi connectivity index (χ1n) is 7.75. The number of aromatic nitrogens is 1. The van der Waals surface area contributed by atoms with Crippen LogP contribution in [0.4, 0.5) is 5.13 Å². The van der Waals surface area contributed by atoms with Crippen molar-refractivity contribution in [1.82, 2.24) is 10.3 Å². The Balaban J connectivity index is 1.81. The highest BCUT2D eigenvalue weighted by atomic mass is 32.1. The molecule has 1 aromatic rings. The number of nitrogens with one attached hydrogen (secondary N) is 1. The van der Waals surface area contributed by atoms with Gasteiger partial charge < -0.3 is 15.0 Å². The topological polar surface area (TPSA) is 37.4 Å². The van der Waals surface area contributed by atoms with Crippen LogP contribution in [0.3, 0.4) is 0 Å². The summed E-state index contributed by atoms with van der Waals surface area (Å²) < 4.78 is 5.43. The molecule has 1 N–H and O–H groups in total. The Kier molecular flexibility index (Phi) is 6.26. The molecule has 1 aliphatic rings. The molecule has 1 atom stereocenters. The zero-order chi connectivity index (χ0) is 14.4. The van der Waals surface area contributed by atoms with Gasteiger partial charge in [0.15, 0.2) is 5.13 Å². The lowest BCUT2D eigenvalue weighted by atomic mass is 9.93. The van der Waals surface area contributed by atoms with E-state index in [1.807, 2.05) is 6.20 Å². The summed E-state index contributed by atoms with van der Waals surface area (Å²) in [6.07, 6.45) is 4.38. The van der Waals surface area contributed by atoms with Crippen molar-refractivity contribution in [2.75, 3.05) is 31.2 Å². The normalized spacial score (nSPS) is 18.1. The first-order valence-corrected chi connectivity index (χ1v) is 8.57. The van der Waals surface area contributed by atoms with E-state index in [0.717, 1.165) is 43.9 Å². The van der Waals surface area contributed by atoms with Gasteiger partial charge in [0.05, 0.1) is 0 Å². The maximum atomic E-state index is 5.43. The Morgan fingerprint density at radius 2 is 2.10 bits per heavy atom. The van der Waals surface area contributed by atoms with Crippen LogP contribution in [-0.2, 0) is 11.3 Å². The number of thiazole rings is 1. The molecule has 20 heavy (non-hydrogen) atoms. The SMILES string of the molecule is CCN(CC)c1ncc(CNC(C)C2CCOCC2)s1. The number of ether oxygens (including phenoxy) is 1. The Morgan fingerprint density at radius 1 is 1.40 bits per heavy atom. The van der Waals surface area contributed by atoms with Crippen molar-refractivity contribution in [3.8, 4) is 0 Å². The van der Waals surface area contributed by atoms with Crippen molar-refractivity contribution >= 4 is 16.5 Å². The number of hydrogen-bond acceptors (Lipinski definition) is 5. The molecule has 0 bridgehead atoms. The molecule has 4 nitrogen and oxygen atoms in total. The van der Waals surface area contributed by atoms with Gasteiger partial charge in [-0.3, -0.25) is 0 Å². The molecule has 2 heterocycles. The number of hydrogen-bond donors (Lipinski definition) is 1. The summed E-state index contributed by atoms with van der Waals surface area (Å²) in [5.74, 6) is 0.749. The lowest BCUT2D eigenvalue weighted by Crippen LogP contribution is -2.36. The lowest BCUT2D eigenvalue weighted by Gasteiger charge is -2.28. The van der Waals surface area contributed by atoms with Crippen molar-refractivity contribution in [2.45, 2.75) is 46.2 Å². The summed E-state index contributed by atoms with van der Waals surface area (Å²) >= 11 is 1.81. The molecule has 1 saturated heterocycles. The van der Waals surface area contributed by atoms with Crippen LogP contribution in [0.25, 0.3) is 0 Å². The monoisotopic (exact) mass is 297 g/mol. The molecule has 2 rings (SSSR count). The number of rotatable bonds is 7. The Hall–Kier alpha value is -0.650. The number of nitrogens with zero attached hydrogens (tertiary/aromatic N) is 2. The van der Waals surface area contributed by atoms with Crippen LogP contribution in [-0.4, -0.2) is 37.3 Å². The lowest BCUT2D eigenvalue weighted by molar-refractivity contribution is 0.0558. The summed E-state index contributed by atoms with van der Waals surface area (Å²) in [6, 6.07) is 0.554. The van der Waals surface area contributed by atoms with E-state index in [4.69, 9.17) is 4.74 Å². The van der Waals surface area contributed by atoms with Gasteiger partial charge in [-0.1, -0.05) is 0 Å². The van der Waals surface area contributed by atoms with Gasteiger partial charge in [0.1, 0.15) is 0 Å². The summed E-state index contributed by atoms with van der Waals surface area (Å²) in [4.78, 5) is 8.16. The smallest absolute Gasteiger partial charge is 0.185 e. The molecule has 1 fully saturated rings. The Morgan fingerprint density at radius 3 is 2.75 bits per heavy atom. The molecule has 0 saturated carbocycles.